The fourth-order valence-corrected chi connectivity index (χ4v) is 0.993. The van der Waals surface area contributed by atoms with Gasteiger partial charge in [0.1, 0.15) is 6.61 Å². The van der Waals surface area contributed by atoms with Crippen LogP contribution in [0.5, 0.6) is 11.5 Å². The Morgan fingerprint density at radius 3 is 2.91 bits per heavy atom. The molecular formula is C8H7O3. The van der Waals surface area contributed by atoms with Crippen LogP contribution in [0.4, 0.5) is 0 Å². The molecule has 0 bridgehead atoms. The third kappa shape index (κ3) is 1.03. The van der Waals surface area contributed by atoms with Crippen molar-refractivity contribution in [3.05, 3.63) is 30.4 Å². The maximum absolute atomic E-state index is 8.65. The molecule has 1 radical (unpaired) electrons. The van der Waals surface area contributed by atoms with E-state index in [9.17, 15) is 0 Å². The van der Waals surface area contributed by atoms with Crippen molar-refractivity contribution in [3.63, 3.8) is 0 Å². The zero-order valence-corrected chi connectivity index (χ0v) is 5.78. The van der Waals surface area contributed by atoms with Crippen LogP contribution in [0.15, 0.2) is 18.2 Å². The summed E-state index contributed by atoms with van der Waals surface area (Å²) in [6.45, 7) is 1.30. The average Bonchev–Trinajstić information content (AvgIpc) is 2.50. The molecule has 3 nitrogen and oxygen atoms in total. The molecule has 1 aliphatic heterocycles. The van der Waals surface area contributed by atoms with Gasteiger partial charge in [0, 0.05) is 0 Å². The summed E-state index contributed by atoms with van der Waals surface area (Å²) in [5, 5.41) is 8.65. The summed E-state index contributed by atoms with van der Waals surface area (Å²) in [5.74, 6) is 1.42. The van der Waals surface area contributed by atoms with Crippen molar-refractivity contribution < 1.29 is 14.6 Å². The van der Waals surface area contributed by atoms with Crippen LogP contribution in [-0.4, -0.2) is 11.9 Å². The summed E-state index contributed by atoms with van der Waals surface area (Å²) in [6.07, 6.45) is 0. The second-order valence-corrected chi connectivity index (χ2v) is 2.24. The van der Waals surface area contributed by atoms with Gasteiger partial charge in [-0.2, -0.15) is 0 Å². The molecule has 0 aliphatic carbocycles. The number of ether oxygens (including phenoxy) is 2. The van der Waals surface area contributed by atoms with Crippen LogP contribution in [0, 0.1) is 6.61 Å². The molecule has 0 fully saturated rings. The number of aliphatic hydroxyl groups is 1. The SMILES string of the molecule is O[CH]c1ccc2c(c1)OCO2. The van der Waals surface area contributed by atoms with E-state index in [1.165, 1.54) is 0 Å². The minimum atomic E-state index is 0.268. The first kappa shape index (κ1) is 6.49. The Bertz CT molecular complexity index is 270. The van der Waals surface area contributed by atoms with Gasteiger partial charge < -0.3 is 14.6 Å². The number of aliphatic hydroxyl groups excluding tert-OH is 1. The van der Waals surface area contributed by atoms with Gasteiger partial charge in [0.05, 0.1) is 0 Å². The van der Waals surface area contributed by atoms with Crippen LogP contribution in [-0.2, 0) is 0 Å². The molecule has 0 atom stereocenters. The Morgan fingerprint density at radius 1 is 1.27 bits per heavy atom. The Kier molecular flexibility index (Phi) is 1.43. The van der Waals surface area contributed by atoms with Crippen LogP contribution in [0.25, 0.3) is 0 Å². The Hall–Kier alpha value is -1.22. The van der Waals surface area contributed by atoms with Crippen molar-refractivity contribution in [1.29, 1.82) is 0 Å². The van der Waals surface area contributed by atoms with E-state index in [2.05, 4.69) is 0 Å². The fraction of sp³-hybridized carbons (Fsp3) is 0.125. The summed E-state index contributed by atoms with van der Waals surface area (Å²) in [4.78, 5) is 0. The van der Waals surface area contributed by atoms with E-state index < -0.39 is 0 Å². The van der Waals surface area contributed by atoms with Crippen molar-refractivity contribution in [2.24, 2.45) is 0 Å². The average molecular weight is 151 g/mol. The molecule has 0 amide bonds. The first-order chi connectivity index (χ1) is 5.40. The summed E-state index contributed by atoms with van der Waals surface area (Å²) in [6, 6.07) is 5.25. The van der Waals surface area contributed by atoms with Gasteiger partial charge in [-0.3, -0.25) is 0 Å². The first-order valence-electron chi connectivity index (χ1n) is 3.27. The van der Waals surface area contributed by atoms with Gasteiger partial charge in [0.15, 0.2) is 11.5 Å². The molecule has 1 heterocycles. The Balaban J connectivity index is 2.41. The Labute approximate surface area is 64.2 Å². The van der Waals surface area contributed by atoms with E-state index >= 15 is 0 Å². The topological polar surface area (TPSA) is 38.7 Å². The zero-order valence-electron chi connectivity index (χ0n) is 5.78. The predicted molar refractivity (Wildman–Crippen MR) is 37.9 cm³/mol. The maximum atomic E-state index is 8.65. The van der Waals surface area contributed by atoms with E-state index in [0.29, 0.717) is 11.3 Å². The number of hydrogen-bond donors (Lipinski definition) is 1. The third-order valence-corrected chi connectivity index (χ3v) is 1.55. The third-order valence-electron chi connectivity index (χ3n) is 1.55. The second kappa shape index (κ2) is 2.43. The van der Waals surface area contributed by atoms with E-state index in [1.54, 1.807) is 18.2 Å². The lowest BCUT2D eigenvalue weighted by Gasteiger charge is -1.96. The molecule has 1 aliphatic rings. The molecule has 0 aromatic heterocycles. The van der Waals surface area contributed by atoms with Gasteiger partial charge in [0.25, 0.3) is 0 Å². The lowest BCUT2D eigenvalue weighted by atomic mass is 10.2. The molecule has 0 unspecified atom stereocenters. The van der Waals surface area contributed by atoms with Crippen molar-refractivity contribution in [3.8, 4) is 11.5 Å². The number of hydrogen-bond acceptors (Lipinski definition) is 3. The smallest absolute Gasteiger partial charge is 0.231 e. The minimum Gasteiger partial charge on any atom is -0.454 e. The van der Waals surface area contributed by atoms with Crippen LogP contribution in [0.2, 0.25) is 0 Å². The lowest BCUT2D eigenvalue weighted by Crippen LogP contribution is -1.92. The molecule has 0 saturated heterocycles. The van der Waals surface area contributed by atoms with Gasteiger partial charge in [-0.05, 0) is 17.7 Å². The molecule has 1 aromatic carbocycles. The fourth-order valence-electron chi connectivity index (χ4n) is 0.993. The summed E-state index contributed by atoms with van der Waals surface area (Å²) >= 11 is 0. The van der Waals surface area contributed by atoms with Crippen LogP contribution >= 0.6 is 0 Å². The normalized spacial score (nSPS) is 13.5. The van der Waals surface area contributed by atoms with E-state index in [4.69, 9.17) is 14.6 Å². The quantitative estimate of drug-likeness (QED) is 0.657. The van der Waals surface area contributed by atoms with Gasteiger partial charge in [-0.25, -0.2) is 0 Å². The lowest BCUT2D eigenvalue weighted by molar-refractivity contribution is 0.174. The van der Waals surface area contributed by atoms with Crippen molar-refractivity contribution in [1.82, 2.24) is 0 Å². The van der Waals surface area contributed by atoms with Crippen LogP contribution in [0.1, 0.15) is 5.56 Å². The van der Waals surface area contributed by atoms with Gasteiger partial charge in [0.2, 0.25) is 6.79 Å². The monoisotopic (exact) mass is 151 g/mol. The molecule has 1 N–H and O–H groups in total. The van der Waals surface area contributed by atoms with Gasteiger partial charge in [-0.1, -0.05) is 6.07 Å². The minimum absolute atomic E-state index is 0.268. The zero-order chi connectivity index (χ0) is 7.68. The summed E-state index contributed by atoms with van der Waals surface area (Å²) < 4.78 is 10.2. The number of benzene rings is 1. The Morgan fingerprint density at radius 2 is 2.09 bits per heavy atom. The molecular weight excluding hydrogens is 144 g/mol. The second-order valence-electron chi connectivity index (χ2n) is 2.24. The largest absolute Gasteiger partial charge is 0.454 e. The molecule has 57 valence electrons. The highest BCUT2D eigenvalue weighted by molar-refractivity contribution is 5.45. The number of rotatable bonds is 1. The molecule has 0 saturated carbocycles. The van der Waals surface area contributed by atoms with Crippen molar-refractivity contribution in [2.45, 2.75) is 0 Å². The van der Waals surface area contributed by atoms with E-state index in [1.807, 2.05) is 0 Å². The predicted octanol–water partition coefficient (Wildman–Crippen LogP) is 1.30. The van der Waals surface area contributed by atoms with Crippen molar-refractivity contribution >= 4 is 0 Å². The highest BCUT2D eigenvalue weighted by Crippen LogP contribution is 2.32. The van der Waals surface area contributed by atoms with Crippen LogP contribution < -0.4 is 9.47 Å². The standard InChI is InChI=1S/C8H7O3/c9-4-6-1-2-7-8(3-6)11-5-10-7/h1-4,9H,5H2. The van der Waals surface area contributed by atoms with Gasteiger partial charge >= 0.3 is 0 Å². The summed E-state index contributed by atoms with van der Waals surface area (Å²) in [5.41, 5.74) is 0.717. The maximum Gasteiger partial charge on any atom is 0.231 e. The molecule has 1 aromatic rings. The van der Waals surface area contributed by atoms with Crippen molar-refractivity contribution in [2.75, 3.05) is 6.79 Å². The highest BCUT2D eigenvalue weighted by atomic mass is 16.7. The molecule has 3 heteroatoms. The van der Waals surface area contributed by atoms with E-state index in [0.717, 1.165) is 12.4 Å². The summed E-state index contributed by atoms with van der Waals surface area (Å²) in [7, 11) is 0. The molecule has 11 heavy (non-hydrogen) atoms. The first-order valence-corrected chi connectivity index (χ1v) is 3.27. The molecule has 0 spiro atoms. The van der Waals surface area contributed by atoms with E-state index in [-0.39, 0.29) is 6.79 Å². The molecule has 2 rings (SSSR count). The highest BCUT2D eigenvalue weighted by Gasteiger charge is 2.12. The van der Waals surface area contributed by atoms with Gasteiger partial charge in [-0.15, -0.1) is 0 Å². The van der Waals surface area contributed by atoms with Crippen LogP contribution in [0.3, 0.4) is 0 Å². The number of fused-ring (bicyclic) bond motifs is 1.